The molecule has 0 fully saturated rings. The Morgan fingerprint density at radius 1 is 1.15 bits per heavy atom. The van der Waals surface area contributed by atoms with Crippen LogP contribution in [-0.2, 0) is 4.79 Å². The van der Waals surface area contributed by atoms with Crippen molar-refractivity contribution in [2.45, 2.75) is 10.8 Å². The SMILES string of the molecule is NNC(=O)C(CSc1ccccc1Br)c1ccccc1. The fourth-order valence-corrected chi connectivity index (χ4v) is 3.54. The van der Waals surface area contributed by atoms with Crippen LogP contribution in [-0.4, -0.2) is 11.7 Å². The molecule has 0 aromatic heterocycles. The molecule has 0 radical (unpaired) electrons. The fourth-order valence-electron chi connectivity index (χ4n) is 1.84. The molecule has 3 nitrogen and oxygen atoms in total. The summed E-state index contributed by atoms with van der Waals surface area (Å²) in [5.74, 6) is 5.49. The van der Waals surface area contributed by atoms with Crippen molar-refractivity contribution in [3.05, 3.63) is 64.6 Å². The molecule has 2 aromatic carbocycles. The first-order valence-corrected chi connectivity index (χ1v) is 7.93. The number of hydrogen-bond donors (Lipinski definition) is 2. The summed E-state index contributed by atoms with van der Waals surface area (Å²) in [5.41, 5.74) is 3.22. The van der Waals surface area contributed by atoms with E-state index in [1.54, 1.807) is 11.8 Å². The van der Waals surface area contributed by atoms with Gasteiger partial charge in [0.25, 0.3) is 0 Å². The minimum Gasteiger partial charge on any atom is -0.294 e. The van der Waals surface area contributed by atoms with E-state index in [2.05, 4.69) is 21.4 Å². The van der Waals surface area contributed by atoms with Crippen LogP contribution in [0.5, 0.6) is 0 Å². The largest absolute Gasteiger partial charge is 0.294 e. The van der Waals surface area contributed by atoms with E-state index in [1.807, 2.05) is 54.6 Å². The molecule has 5 heteroatoms. The maximum absolute atomic E-state index is 12.0. The van der Waals surface area contributed by atoms with Crippen molar-refractivity contribution >= 4 is 33.6 Å². The third-order valence-corrected chi connectivity index (χ3v) is 5.02. The van der Waals surface area contributed by atoms with Crippen LogP contribution in [0.2, 0.25) is 0 Å². The van der Waals surface area contributed by atoms with Crippen LogP contribution in [0.3, 0.4) is 0 Å². The van der Waals surface area contributed by atoms with Crippen molar-refractivity contribution in [3.63, 3.8) is 0 Å². The van der Waals surface area contributed by atoms with Crippen LogP contribution in [0.15, 0.2) is 64.0 Å². The summed E-state index contributed by atoms with van der Waals surface area (Å²) in [4.78, 5) is 13.1. The number of benzene rings is 2. The van der Waals surface area contributed by atoms with Gasteiger partial charge in [0, 0.05) is 15.1 Å². The maximum atomic E-state index is 12.0. The molecule has 20 heavy (non-hydrogen) atoms. The van der Waals surface area contributed by atoms with Gasteiger partial charge in [0.1, 0.15) is 0 Å². The molecule has 1 atom stereocenters. The van der Waals surface area contributed by atoms with E-state index in [-0.39, 0.29) is 11.8 Å². The predicted molar refractivity (Wildman–Crippen MR) is 86.4 cm³/mol. The average Bonchev–Trinajstić information content (AvgIpc) is 2.50. The number of nitrogens with one attached hydrogen (secondary N) is 1. The zero-order valence-electron chi connectivity index (χ0n) is 10.8. The molecule has 0 saturated heterocycles. The van der Waals surface area contributed by atoms with Crippen LogP contribution in [0, 0.1) is 0 Å². The van der Waals surface area contributed by atoms with Crippen LogP contribution < -0.4 is 11.3 Å². The van der Waals surface area contributed by atoms with Gasteiger partial charge >= 0.3 is 0 Å². The van der Waals surface area contributed by atoms with Crippen molar-refractivity contribution in [2.24, 2.45) is 5.84 Å². The standard InChI is InChI=1S/C15H15BrN2OS/c16-13-8-4-5-9-14(13)20-10-12(15(19)18-17)11-6-2-1-3-7-11/h1-9,12H,10,17H2,(H,18,19). The van der Waals surface area contributed by atoms with E-state index in [0.717, 1.165) is 14.9 Å². The lowest BCUT2D eigenvalue weighted by Gasteiger charge is -2.15. The Bertz CT molecular complexity index is 577. The van der Waals surface area contributed by atoms with Crippen LogP contribution >= 0.6 is 27.7 Å². The maximum Gasteiger partial charge on any atom is 0.242 e. The number of amides is 1. The first-order chi connectivity index (χ1) is 9.72. The molecule has 0 heterocycles. The summed E-state index contributed by atoms with van der Waals surface area (Å²) in [6.45, 7) is 0. The molecule has 2 rings (SSSR count). The predicted octanol–water partition coefficient (Wildman–Crippen LogP) is 3.31. The smallest absolute Gasteiger partial charge is 0.242 e. The normalized spacial score (nSPS) is 11.9. The lowest BCUT2D eigenvalue weighted by atomic mass is 10.0. The van der Waals surface area contributed by atoms with E-state index in [4.69, 9.17) is 5.84 Å². The highest BCUT2D eigenvalue weighted by molar-refractivity contribution is 9.10. The van der Waals surface area contributed by atoms with E-state index < -0.39 is 0 Å². The van der Waals surface area contributed by atoms with E-state index in [1.165, 1.54) is 0 Å². The number of nitrogens with two attached hydrogens (primary N) is 1. The number of rotatable bonds is 5. The second kappa shape index (κ2) is 7.47. The van der Waals surface area contributed by atoms with Gasteiger partial charge in [-0.15, -0.1) is 11.8 Å². The molecule has 0 aliphatic carbocycles. The molecule has 0 saturated carbocycles. The first-order valence-electron chi connectivity index (χ1n) is 6.15. The minimum atomic E-state index is -0.265. The molecule has 0 bridgehead atoms. The van der Waals surface area contributed by atoms with E-state index in [0.29, 0.717) is 5.75 Å². The first kappa shape index (κ1) is 15.1. The average molecular weight is 351 g/mol. The molecule has 3 N–H and O–H groups in total. The van der Waals surface area contributed by atoms with Crippen molar-refractivity contribution in [2.75, 3.05) is 5.75 Å². The van der Waals surface area contributed by atoms with Gasteiger partial charge in [0.05, 0.1) is 5.92 Å². The van der Waals surface area contributed by atoms with Crippen molar-refractivity contribution in [1.82, 2.24) is 5.43 Å². The number of carbonyl (C=O) groups excluding carboxylic acids is 1. The summed E-state index contributed by atoms with van der Waals surface area (Å²) in [6.07, 6.45) is 0. The molecule has 0 spiro atoms. The molecule has 0 aliphatic heterocycles. The topological polar surface area (TPSA) is 55.1 Å². The van der Waals surface area contributed by atoms with Gasteiger partial charge < -0.3 is 0 Å². The highest BCUT2D eigenvalue weighted by Gasteiger charge is 2.20. The van der Waals surface area contributed by atoms with Crippen LogP contribution in [0.1, 0.15) is 11.5 Å². The van der Waals surface area contributed by atoms with E-state index in [9.17, 15) is 4.79 Å². The lowest BCUT2D eigenvalue weighted by Crippen LogP contribution is -2.35. The summed E-state index contributed by atoms with van der Waals surface area (Å²) < 4.78 is 1.03. The Morgan fingerprint density at radius 3 is 2.45 bits per heavy atom. The second-order valence-electron chi connectivity index (χ2n) is 4.21. The van der Waals surface area contributed by atoms with Crippen molar-refractivity contribution < 1.29 is 4.79 Å². The van der Waals surface area contributed by atoms with Gasteiger partial charge in [-0.2, -0.15) is 0 Å². The third-order valence-electron chi connectivity index (χ3n) is 2.90. The Morgan fingerprint density at radius 2 is 1.80 bits per heavy atom. The highest BCUT2D eigenvalue weighted by atomic mass is 79.9. The Balaban J connectivity index is 2.14. The number of hydrazine groups is 1. The Labute approximate surface area is 131 Å². The molecule has 1 amide bonds. The van der Waals surface area contributed by atoms with Gasteiger partial charge in [-0.1, -0.05) is 42.5 Å². The lowest BCUT2D eigenvalue weighted by molar-refractivity contribution is -0.122. The highest BCUT2D eigenvalue weighted by Crippen LogP contribution is 2.31. The van der Waals surface area contributed by atoms with Gasteiger partial charge in [0.15, 0.2) is 0 Å². The van der Waals surface area contributed by atoms with Gasteiger partial charge in [0.2, 0.25) is 5.91 Å². The Hall–Kier alpha value is -1.30. The van der Waals surface area contributed by atoms with Crippen molar-refractivity contribution in [3.8, 4) is 0 Å². The second-order valence-corrected chi connectivity index (χ2v) is 6.13. The Kier molecular flexibility index (Phi) is 5.64. The van der Waals surface area contributed by atoms with E-state index >= 15 is 0 Å². The quantitative estimate of drug-likeness (QED) is 0.376. The number of carbonyl (C=O) groups is 1. The summed E-state index contributed by atoms with van der Waals surface area (Å²) in [7, 11) is 0. The summed E-state index contributed by atoms with van der Waals surface area (Å²) in [6, 6.07) is 17.6. The van der Waals surface area contributed by atoms with Gasteiger partial charge in [-0.3, -0.25) is 10.2 Å². The number of thioether (sulfide) groups is 1. The molecular weight excluding hydrogens is 336 g/mol. The van der Waals surface area contributed by atoms with Crippen LogP contribution in [0.25, 0.3) is 0 Å². The summed E-state index contributed by atoms with van der Waals surface area (Å²) in [5, 5.41) is 0. The van der Waals surface area contributed by atoms with Gasteiger partial charge in [-0.05, 0) is 33.6 Å². The number of halogens is 1. The fraction of sp³-hybridized carbons (Fsp3) is 0.133. The molecule has 0 aliphatic rings. The monoisotopic (exact) mass is 350 g/mol. The van der Waals surface area contributed by atoms with Gasteiger partial charge in [-0.25, -0.2) is 5.84 Å². The molecule has 104 valence electrons. The summed E-state index contributed by atoms with van der Waals surface area (Å²) >= 11 is 5.14. The zero-order valence-corrected chi connectivity index (χ0v) is 13.2. The zero-order chi connectivity index (χ0) is 14.4. The number of hydrogen-bond acceptors (Lipinski definition) is 3. The molecule has 2 aromatic rings. The molecular formula is C15H15BrN2OS. The van der Waals surface area contributed by atoms with Crippen LogP contribution in [0.4, 0.5) is 0 Å². The third kappa shape index (κ3) is 3.85. The molecule has 1 unspecified atom stereocenters. The van der Waals surface area contributed by atoms with Crippen molar-refractivity contribution in [1.29, 1.82) is 0 Å². The minimum absolute atomic E-state index is 0.171.